The highest BCUT2D eigenvalue weighted by atomic mass is 35.5. The van der Waals surface area contributed by atoms with Crippen molar-refractivity contribution in [1.82, 2.24) is 14.8 Å². The number of rotatable bonds is 9. The van der Waals surface area contributed by atoms with Crippen molar-refractivity contribution in [3.63, 3.8) is 0 Å². The minimum absolute atomic E-state index is 0.0790. The van der Waals surface area contributed by atoms with Crippen LogP contribution in [0, 0.1) is 0 Å². The Kier molecular flexibility index (Phi) is 7.71. The number of hydrogen-bond acceptors (Lipinski definition) is 4. The highest BCUT2D eigenvalue weighted by Gasteiger charge is 2.14. The molecule has 0 radical (unpaired) electrons. The fraction of sp³-hybridized carbons (Fsp3) is 0.261. The average molecular weight is 441 g/mol. The van der Waals surface area contributed by atoms with Gasteiger partial charge in [-0.05, 0) is 41.3 Å². The maximum Gasteiger partial charge on any atom is 0.234 e. The fourth-order valence-corrected chi connectivity index (χ4v) is 3.83. The first-order chi connectivity index (χ1) is 14.5. The molecule has 3 rings (SSSR count). The molecule has 0 unspecified atom stereocenters. The summed E-state index contributed by atoms with van der Waals surface area (Å²) in [6.45, 7) is 8.69. The Morgan fingerprint density at radius 1 is 1.17 bits per heavy atom. The molecule has 0 aliphatic rings. The van der Waals surface area contributed by atoms with E-state index in [1.54, 1.807) is 6.08 Å². The standard InChI is InChI=1S/C23H25ClN4OS/c1-4-13-28-21(14-17-5-9-19(24)10-6-17)26-27-23(28)30-15-22(29)25-20-11-7-18(8-12-20)16(2)3/h4-12,16H,1,13-15H2,2-3H3,(H,25,29). The Hall–Kier alpha value is -2.57. The van der Waals surface area contributed by atoms with Crippen LogP contribution in [0.25, 0.3) is 0 Å². The lowest BCUT2D eigenvalue weighted by molar-refractivity contribution is -0.113. The van der Waals surface area contributed by atoms with Gasteiger partial charge in [0.05, 0.1) is 5.75 Å². The molecule has 0 fully saturated rings. The lowest BCUT2D eigenvalue weighted by atomic mass is 10.0. The Labute approximate surface area is 186 Å². The van der Waals surface area contributed by atoms with E-state index in [0.717, 1.165) is 17.1 Å². The van der Waals surface area contributed by atoms with E-state index < -0.39 is 0 Å². The monoisotopic (exact) mass is 440 g/mol. The first kappa shape index (κ1) is 22.1. The number of carbonyl (C=O) groups is 1. The van der Waals surface area contributed by atoms with Gasteiger partial charge >= 0.3 is 0 Å². The molecule has 0 aliphatic heterocycles. The smallest absolute Gasteiger partial charge is 0.234 e. The third kappa shape index (κ3) is 5.97. The van der Waals surface area contributed by atoms with Crippen LogP contribution >= 0.6 is 23.4 Å². The van der Waals surface area contributed by atoms with Crippen LogP contribution in [-0.4, -0.2) is 26.4 Å². The number of carbonyl (C=O) groups excluding carboxylic acids is 1. The highest BCUT2D eigenvalue weighted by molar-refractivity contribution is 7.99. The Morgan fingerprint density at radius 2 is 1.87 bits per heavy atom. The van der Waals surface area contributed by atoms with Crippen molar-refractivity contribution < 1.29 is 4.79 Å². The van der Waals surface area contributed by atoms with Gasteiger partial charge in [0.2, 0.25) is 5.91 Å². The van der Waals surface area contributed by atoms with Crippen LogP contribution in [0.3, 0.4) is 0 Å². The highest BCUT2D eigenvalue weighted by Crippen LogP contribution is 2.21. The van der Waals surface area contributed by atoms with Crippen LogP contribution in [0.2, 0.25) is 5.02 Å². The summed E-state index contributed by atoms with van der Waals surface area (Å²) in [5, 5.41) is 12.9. The largest absolute Gasteiger partial charge is 0.325 e. The third-order valence-corrected chi connectivity index (χ3v) is 5.79. The Balaban J connectivity index is 1.62. The van der Waals surface area contributed by atoms with Crippen molar-refractivity contribution >= 4 is 35.0 Å². The summed E-state index contributed by atoms with van der Waals surface area (Å²) < 4.78 is 1.98. The summed E-state index contributed by atoms with van der Waals surface area (Å²) in [4.78, 5) is 12.4. The van der Waals surface area contributed by atoms with Crippen LogP contribution in [0.15, 0.2) is 66.3 Å². The van der Waals surface area contributed by atoms with E-state index in [0.29, 0.717) is 29.1 Å². The molecule has 30 heavy (non-hydrogen) atoms. The van der Waals surface area contributed by atoms with E-state index in [-0.39, 0.29) is 11.7 Å². The van der Waals surface area contributed by atoms with Crippen LogP contribution in [0.1, 0.15) is 36.7 Å². The summed E-state index contributed by atoms with van der Waals surface area (Å²) in [6.07, 6.45) is 2.43. The van der Waals surface area contributed by atoms with Crippen molar-refractivity contribution in [2.24, 2.45) is 0 Å². The zero-order valence-electron chi connectivity index (χ0n) is 17.1. The molecule has 2 aromatic carbocycles. The molecular formula is C23H25ClN4OS. The number of thioether (sulfide) groups is 1. The van der Waals surface area contributed by atoms with Gasteiger partial charge in [0.15, 0.2) is 5.16 Å². The quantitative estimate of drug-likeness (QED) is 0.349. The molecule has 0 bridgehead atoms. The molecule has 0 saturated carbocycles. The van der Waals surface area contributed by atoms with Gasteiger partial charge in [0, 0.05) is 23.7 Å². The van der Waals surface area contributed by atoms with Gasteiger partial charge in [0.25, 0.3) is 0 Å². The second-order valence-electron chi connectivity index (χ2n) is 7.21. The van der Waals surface area contributed by atoms with Gasteiger partial charge in [-0.1, -0.05) is 67.6 Å². The summed E-state index contributed by atoms with van der Waals surface area (Å²) in [5.74, 6) is 1.46. The van der Waals surface area contributed by atoms with Gasteiger partial charge in [-0.3, -0.25) is 4.79 Å². The normalized spacial score (nSPS) is 10.9. The van der Waals surface area contributed by atoms with Crippen LogP contribution in [0.5, 0.6) is 0 Å². The van der Waals surface area contributed by atoms with E-state index in [1.807, 2.05) is 53.1 Å². The molecule has 1 amide bonds. The van der Waals surface area contributed by atoms with Crippen molar-refractivity contribution in [2.75, 3.05) is 11.1 Å². The molecule has 1 heterocycles. The second kappa shape index (κ2) is 10.5. The van der Waals surface area contributed by atoms with E-state index >= 15 is 0 Å². The predicted octanol–water partition coefficient (Wildman–Crippen LogP) is 5.56. The molecular weight excluding hydrogens is 416 g/mol. The summed E-state index contributed by atoms with van der Waals surface area (Å²) in [6, 6.07) is 15.6. The number of anilines is 1. The maximum absolute atomic E-state index is 12.4. The minimum Gasteiger partial charge on any atom is -0.325 e. The first-order valence-electron chi connectivity index (χ1n) is 9.76. The number of amides is 1. The van der Waals surface area contributed by atoms with Gasteiger partial charge < -0.3 is 9.88 Å². The third-order valence-electron chi connectivity index (χ3n) is 4.57. The minimum atomic E-state index is -0.0790. The molecule has 0 atom stereocenters. The Morgan fingerprint density at radius 3 is 2.50 bits per heavy atom. The zero-order valence-corrected chi connectivity index (χ0v) is 18.7. The van der Waals surface area contributed by atoms with E-state index in [2.05, 4.69) is 35.9 Å². The second-order valence-corrected chi connectivity index (χ2v) is 8.59. The number of allylic oxidation sites excluding steroid dienone is 1. The predicted molar refractivity (Wildman–Crippen MR) is 124 cm³/mol. The van der Waals surface area contributed by atoms with Crippen LogP contribution in [0.4, 0.5) is 5.69 Å². The number of nitrogens with zero attached hydrogens (tertiary/aromatic N) is 3. The van der Waals surface area contributed by atoms with Gasteiger partial charge in [0.1, 0.15) is 5.82 Å². The number of nitrogens with one attached hydrogen (secondary N) is 1. The number of hydrogen-bond donors (Lipinski definition) is 1. The van der Waals surface area contributed by atoms with E-state index in [1.165, 1.54) is 17.3 Å². The number of benzene rings is 2. The zero-order chi connectivity index (χ0) is 21.5. The molecule has 156 valence electrons. The van der Waals surface area contributed by atoms with Crippen molar-refractivity contribution in [1.29, 1.82) is 0 Å². The molecule has 1 aromatic heterocycles. The summed E-state index contributed by atoms with van der Waals surface area (Å²) >= 11 is 7.33. The average Bonchev–Trinajstić information content (AvgIpc) is 3.10. The van der Waals surface area contributed by atoms with Gasteiger partial charge in [-0.2, -0.15) is 0 Å². The van der Waals surface area contributed by atoms with Crippen LogP contribution in [-0.2, 0) is 17.8 Å². The SMILES string of the molecule is C=CCn1c(Cc2ccc(Cl)cc2)nnc1SCC(=O)Nc1ccc(C(C)C)cc1. The molecule has 0 aliphatic carbocycles. The molecule has 1 N–H and O–H groups in total. The van der Waals surface area contributed by atoms with Crippen molar-refractivity contribution in [3.05, 3.63) is 83.2 Å². The summed E-state index contributed by atoms with van der Waals surface area (Å²) in [7, 11) is 0. The van der Waals surface area contributed by atoms with Gasteiger partial charge in [-0.25, -0.2) is 0 Å². The molecule has 0 spiro atoms. The lowest BCUT2D eigenvalue weighted by Gasteiger charge is -2.09. The maximum atomic E-state index is 12.4. The van der Waals surface area contributed by atoms with E-state index in [4.69, 9.17) is 11.6 Å². The van der Waals surface area contributed by atoms with Crippen molar-refractivity contribution in [3.8, 4) is 0 Å². The topological polar surface area (TPSA) is 59.8 Å². The Bertz CT molecular complexity index is 997. The molecule has 7 heteroatoms. The number of halogens is 1. The molecule has 0 saturated heterocycles. The lowest BCUT2D eigenvalue weighted by Crippen LogP contribution is -2.15. The summed E-state index contributed by atoms with van der Waals surface area (Å²) in [5.41, 5.74) is 3.13. The first-order valence-corrected chi connectivity index (χ1v) is 11.1. The van der Waals surface area contributed by atoms with Gasteiger partial charge in [-0.15, -0.1) is 16.8 Å². The number of aromatic nitrogens is 3. The fourth-order valence-electron chi connectivity index (χ4n) is 2.93. The van der Waals surface area contributed by atoms with Crippen LogP contribution < -0.4 is 5.32 Å². The molecule has 5 nitrogen and oxygen atoms in total. The molecule has 3 aromatic rings. The van der Waals surface area contributed by atoms with E-state index in [9.17, 15) is 4.79 Å². The van der Waals surface area contributed by atoms with Crippen molar-refractivity contribution in [2.45, 2.75) is 37.9 Å².